The summed E-state index contributed by atoms with van der Waals surface area (Å²) in [4.78, 5) is 28.0. The van der Waals surface area contributed by atoms with Gasteiger partial charge in [-0.15, -0.1) is 0 Å². The van der Waals surface area contributed by atoms with Gasteiger partial charge in [-0.05, 0) is 0 Å². The summed E-state index contributed by atoms with van der Waals surface area (Å²) < 4.78 is 5.21. The van der Waals surface area contributed by atoms with Crippen molar-refractivity contribution in [2.24, 2.45) is 0 Å². The summed E-state index contributed by atoms with van der Waals surface area (Å²) in [5.74, 6) is -1.25. The Balaban J connectivity index is 2.31. The molecule has 0 radical (unpaired) electrons. The van der Waals surface area contributed by atoms with Crippen LogP contribution in [0.25, 0.3) is 0 Å². The van der Waals surface area contributed by atoms with Gasteiger partial charge in [-0.3, -0.25) is 10.1 Å². The molecule has 0 saturated heterocycles. The highest BCUT2D eigenvalue weighted by atomic mass is 35.5. The molecule has 21 heavy (non-hydrogen) atoms. The van der Waals surface area contributed by atoms with E-state index in [-0.39, 0.29) is 33.1 Å². The molecule has 8 nitrogen and oxygen atoms in total. The maximum Gasteiger partial charge on any atom is 0.338 e. The third-order valence-electron chi connectivity index (χ3n) is 2.26. The first kappa shape index (κ1) is 14.9. The normalized spacial score (nSPS) is 10.2. The molecule has 2 aromatic rings. The number of carboxylic acid groups (broad SMARTS) is 1. The van der Waals surface area contributed by atoms with E-state index in [2.05, 4.69) is 9.97 Å². The molecule has 0 spiro atoms. The third-order valence-corrected chi connectivity index (χ3v) is 2.82. The van der Waals surface area contributed by atoms with Crippen molar-refractivity contribution in [3.8, 4) is 11.8 Å². The highest BCUT2D eigenvalue weighted by Gasteiger charge is 2.17. The second-order valence-corrected chi connectivity index (χ2v) is 4.47. The van der Waals surface area contributed by atoms with Crippen molar-refractivity contribution in [1.29, 1.82) is 0 Å². The number of nitrogens with zero attached hydrogens (tertiary/aromatic N) is 3. The fraction of sp³-hybridized carbons (Fsp3) is 0. The zero-order valence-electron chi connectivity index (χ0n) is 9.99. The zero-order valence-corrected chi connectivity index (χ0v) is 11.5. The first-order valence-corrected chi connectivity index (χ1v) is 6.00. The number of aromatic nitrogens is 2. The van der Waals surface area contributed by atoms with Crippen LogP contribution in [0.3, 0.4) is 0 Å². The van der Waals surface area contributed by atoms with Crippen LogP contribution in [0.4, 0.5) is 5.69 Å². The Kier molecular flexibility index (Phi) is 4.20. The van der Waals surface area contributed by atoms with Gasteiger partial charge in [0, 0.05) is 24.5 Å². The van der Waals surface area contributed by atoms with Crippen molar-refractivity contribution >= 4 is 34.9 Å². The van der Waals surface area contributed by atoms with E-state index in [9.17, 15) is 14.9 Å². The van der Waals surface area contributed by atoms with E-state index in [1.807, 2.05) is 0 Å². The predicted octanol–water partition coefficient (Wildman–Crippen LogP) is 3.18. The van der Waals surface area contributed by atoms with Crippen molar-refractivity contribution in [2.75, 3.05) is 0 Å². The number of hydrogen-bond acceptors (Lipinski definition) is 6. The Morgan fingerprint density at radius 2 is 1.76 bits per heavy atom. The molecule has 1 aromatic carbocycles. The molecule has 10 heteroatoms. The lowest BCUT2D eigenvalue weighted by atomic mass is 10.3. The van der Waals surface area contributed by atoms with Crippen LogP contribution in [0, 0.1) is 10.1 Å². The smallest absolute Gasteiger partial charge is 0.338 e. The van der Waals surface area contributed by atoms with Gasteiger partial charge in [0.25, 0.3) is 5.69 Å². The molecule has 0 aliphatic carbocycles. The van der Waals surface area contributed by atoms with Crippen molar-refractivity contribution in [1.82, 2.24) is 9.97 Å². The minimum Gasteiger partial charge on any atom is -0.478 e. The number of hydrogen-bond donors (Lipinski definition) is 1. The maximum atomic E-state index is 10.7. The SMILES string of the molecule is O=C(O)c1cnc(Oc2c(Cl)cc([N+](=O)[O-])cc2Cl)nc1. The number of carbonyl (C=O) groups is 1. The minimum absolute atomic E-state index is 0.0630. The number of aromatic carboxylic acids is 1. The summed E-state index contributed by atoms with van der Waals surface area (Å²) in [5, 5.41) is 19.2. The monoisotopic (exact) mass is 329 g/mol. The fourth-order valence-electron chi connectivity index (χ4n) is 1.32. The average molecular weight is 330 g/mol. The molecule has 0 aliphatic heterocycles. The van der Waals surface area contributed by atoms with E-state index in [4.69, 9.17) is 33.0 Å². The van der Waals surface area contributed by atoms with E-state index in [0.717, 1.165) is 24.5 Å². The van der Waals surface area contributed by atoms with Gasteiger partial charge in [-0.2, -0.15) is 0 Å². The van der Waals surface area contributed by atoms with Crippen molar-refractivity contribution in [3.63, 3.8) is 0 Å². The molecule has 108 valence electrons. The molecule has 0 unspecified atom stereocenters. The number of halogens is 2. The third kappa shape index (κ3) is 3.36. The average Bonchev–Trinajstić information content (AvgIpc) is 2.43. The molecule has 1 N–H and O–H groups in total. The summed E-state index contributed by atoms with van der Waals surface area (Å²) >= 11 is 11.7. The van der Waals surface area contributed by atoms with E-state index in [0.29, 0.717) is 0 Å². The second kappa shape index (κ2) is 5.90. The Bertz CT molecular complexity index is 697. The van der Waals surface area contributed by atoms with Gasteiger partial charge in [-0.1, -0.05) is 23.2 Å². The zero-order chi connectivity index (χ0) is 15.6. The molecule has 0 aliphatic rings. The van der Waals surface area contributed by atoms with E-state index < -0.39 is 10.9 Å². The van der Waals surface area contributed by atoms with Gasteiger partial charge >= 0.3 is 12.0 Å². The second-order valence-electron chi connectivity index (χ2n) is 3.66. The largest absolute Gasteiger partial charge is 0.478 e. The highest BCUT2D eigenvalue weighted by molar-refractivity contribution is 6.37. The Morgan fingerprint density at radius 3 is 2.19 bits per heavy atom. The molecule has 1 heterocycles. The lowest BCUT2D eigenvalue weighted by Crippen LogP contribution is -2.00. The first-order chi connectivity index (χ1) is 9.88. The van der Waals surface area contributed by atoms with Crippen LogP contribution in [0.15, 0.2) is 24.5 Å². The van der Waals surface area contributed by atoms with Gasteiger partial charge in [0.1, 0.15) is 0 Å². The lowest BCUT2D eigenvalue weighted by molar-refractivity contribution is -0.384. The van der Waals surface area contributed by atoms with Crippen LogP contribution in [-0.2, 0) is 0 Å². The summed E-state index contributed by atoms with van der Waals surface area (Å²) in [6.07, 6.45) is 2.08. The molecular formula is C11H5Cl2N3O5. The van der Waals surface area contributed by atoms with Crippen LogP contribution in [0.1, 0.15) is 10.4 Å². The summed E-state index contributed by atoms with van der Waals surface area (Å²) in [7, 11) is 0. The number of non-ortho nitro benzene ring substituents is 1. The Labute approximate surface area is 127 Å². The molecule has 2 rings (SSSR count). The van der Waals surface area contributed by atoms with Gasteiger partial charge < -0.3 is 9.84 Å². The van der Waals surface area contributed by atoms with Gasteiger partial charge in [0.05, 0.1) is 20.5 Å². The highest BCUT2D eigenvalue weighted by Crippen LogP contribution is 2.38. The molecule has 0 atom stereocenters. The number of rotatable bonds is 4. The molecular weight excluding hydrogens is 325 g/mol. The summed E-state index contributed by atoms with van der Waals surface area (Å²) in [5.41, 5.74) is -0.414. The predicted molar refractivity (Wildman–Crippen MR) is 72.2 cm³/mol. The number of nitro groups is 1. The molecule has 0 fully saturated rings. The number of nitro benzene ring substituents is 1. The topological polar surface area (TPSA) is 115 Å². The van der Waals surface area contributed by atoms with Gasteiger partial charge in [0.2, 0.25) is 0 Å². The van der Waals surface area contributed by atoms with Gasteiger partial charge in [0.15, 0.2) is 5.75 Å². The van der Waals surface area contributed by atoms with Gasteiger partial charge in [-0.25, -0.2) is 14.8 Å². The first-order valence-electron chi connectivity index (χ1n) is 5.25. The Hall–Kier alpha value is -2.45. The van der Waals surface area contributed by atoms with Crippen LogP contribution >= 0.6 is 23.2 Å². The summed E-state index contributed by atoms with van der Waals surface area (Å²) in [6.45, 7) is 0. The molecule has 0 bridgehead atoms. The fourth-order valence-corrected chi connectivity index (χ4v) is 1.87. The lowest BCUT2D eigenvalue weighted by Gasteiger charge is -2.07. The van der Waals surface area contributed by atoms with Crippen molar-refractivity contribution < 1.29 is 19.6 Å². The number of ether oxygens (including phenoxy) is 1. The van der Waals surface area contributed by atoms with Crippen LogP contribution in [0.2, 0.25) is 10.0 Å². The van der Waals surface area contributed by atoms with Crippen LogP contribution in [-0.4, -0.2) is 26.0 Å². The molecule has 0 amide bonds. The van der Waals surface area contributed by atoms with Crippen LogP contribution in [0.5, 0.6) is 11.8 Å². The van der Waals surface area contributed by atoms with Crippen molar-refractivity contribution in [3.05, 3.63) is 50.2 Å². The summed E-state index contributed by atoms with van der Waals surface area (Å²) in [6, 6.07) is 1.93. The number of benzene rings is 1. The van der Waals surface area contributed by atoms with E-state index in [1.165, 1.54) is 0 Å². The van der Waals surface area contributed by atoms with Crippen molar-refractivity contribution in [2.45, 2.75) is 0 Å². The Morgan fingerprint density at radius 1 is 1.24 bits per heavy atom. The maximum absolute atomic E-state index is 10.7. The quantitative estimate of drug-likeness (QED) is 0.676. The van der Waals surface area contributed by atoms with E-state index in [1.54, 1.807) is 0 Å². The molecule has 1 aromatic heterocycles. The number of carboxylic acids is 1. The van der Waals surface area contributed by atoms with E-state index >= 15 is 0 Å². The minimum atomic E-state index is -1.19. The standard InChI is InChI=1S/C11H5Cl2N3O5/c12-7-1-6(16(19)20)2-8(13)9(7)21-11-14-3-5(4-15-11)10(17)18/h1-4H,(H,17,18). The molecule has 0 saturated carbocycles. The van der Waals surface area contributed by atoms with Crippen LogP contribution < -0.4 is 4.74 Å².